The Morgan fingerprint density at radius 3 is 2.95 bits per heavy atom. The zero-order chi connectivity index (χ0) is 13.9. The molecule has 19 heavy (non-hydrogen) atoms. The summed E-state index contributed by atoms with van der Waals surface area (Å²) in [6.45, 7) is 2.51. The van der Waals surface area contributed by atoms with Gasteiger partial charge in [0.05, 0.1) is 11.5 Å². The van der Waals surface area contributed by atoms with Gasteiger partial charge in [-0.2, -0.15) is 0 Å². The number of ether oxygens (including phenoxy) is 1. The van der Waals surface area contributed by atoms with Crippen molar-refractivity contribution in [1.29, 1.82) is 0 Å². The summed E-state index contributed by atoms with van der Waals surface area (Å²) in [7, 11) is -2.86. The summed E-state index contributed by atoms with van der Waals surface area (Å²) in [4.78, 5) is 0. The smallest absolute Gasteiger partial charge is 0.167 e. The van der Waals surface area contributed by atoms with Crippen molar-refractivity contribution < 1.29 is 17.5 Å². The van der Waals surface area contributed by atoms with Gasteiger partial charge in [0.25, 0.3) is 0 Å². The molecule has 2 rings (SSSR count). The van der Waals surface area contributed by atoms with Gasteiger partial charge < -0.3 is 10.1 Å². The topological polar surface area (TPSA) is 55.4 Å². The van der Waals surface area contributed by atoms with Crippen molar-refractivity contribution in [1.82, 2.24) is 5.32 Å². The number of halogens is 1. The van der Waals surface area contributed by atoms with E-state index < -0.39 is 9.84 Å². The molecule has 1 heterocycles. The molecule has 106 valence electrons. The van der Waals surface area contributed by atoms with E-state index in [0.717, 1.165) is 0 Å². The fraction of sp³-hybridized carbons (Fsp3) is 0.538. The van der Waals surface area contributed by atoms with E-state index in [-0.39, 0.29) is 29.1 Å². The lowest BCUT2D eigenvalue weighted by Crippen LogP contribution is -2.33. The summed E-state index contributed by atoms with van der Waals surface area (Å²) < 4.78 is 41.5. The highest BCUT2D eigenvalue weighted by atomic mass is 32.2. The Bertz CT molecular complexity index is 545. The van der Waals surface area contributed by atoms with Crippen LogP contribution in [-0.2, 0) is 9.84 Å². The first-order valence-corrected chi connectivity index (χ1v) is 8.12. The van der Waals surface area contributed by atoms with Crippen molar-refractivity contribution in [2.24, 2.45) is 0 Å². The third-order valence-electron chi connectivity index (χ3n) is 3.18. The molecule has 1 aliphatic rings. The zero-order valence-corrected chi connectivity index (χ0v) is 11.7. The summed E-state index contributed by atoms with van der Waals surface area (Å²) in [6.07, 6.45) is 0.640. The standard InChI is InChI=1S/C13H18FNO3S/c1-10-3-2-4-12(13(10)14)18-7-6-15-11-5-8-19(16,17)9-11/h2-4,11,15H,5-9H2,1H3. The van der Waals surface area contributed by atoms with Gasteiger partial charge in [-0.1, -0.05) is 12.1 Å². The molecule has 1 atom stereocenters. The number of sulfone groups is 1. The predicted octanol–water partition coefficient (Wildman–Crippen LogP) is 1.29. The van der Waals surface area contributed by atoms with Crippen molar-refractivity contribution in [2.75, 3.05) is 24.7 Å². The molecular weight excluding hydrogens is 269 g/mol. The molecule has 1 aliphatic heterocycles. The second-order valence-corrected chi connectivity index (χ2v) is 7.02. The van der Waals surface area contributed by atoms with Crippen LogP contribution in [0.5, 0.6) is 5.75 Å². The minimum Gasteiger partial charge on any atom is -0.489 e. The van der Waals surface area contributed by atoms with Gasteiger partial charge >= 0.3 is 0 Å². The van der Waals surface area contributed by atoms with Crippen molar-refractivity contribution in [3.05, 3.63) is 29.6 Å². The number of benzene rings is 1. The summed E-state index contributed by atoms with van der Waals surface area (Å²) in [5.41, 5.74) is 0.548. The minimum absolute atomic E-state index is 0.00374. The van der Waals surface area contributed by atoms with Crippen molar-refractivity contribution in [3.8, 4) is 5.75 Å². The second kappa shape index (κ2) is 5.88. The van der Waals surface area contributed by atoms with Gasteiger partial charge in [-0.15, -0.1) is 0 Å². The Kier molecular flexibility index (Phi) is 4.42. The van der Waals surface area contributed by atoms with E-state index in [1.807, 2.05) is 0 Å². The van der Waals surface area contributed by atoms with Crippen LogP contribution >= 0.6 is 0 Å². The Morgan fingerprint density at radius 1 is 1.47 bits per heavy atom. The summed E-state index contributed by atoms with van der Waals surface area (Å²) >= 11 is 0. The normalized spacial score (nSPS) is 21.5. The quantitative estimate of drug-likeness (QED) is 0.829. The van der Waals surface area contributed by atoms with Crippen LogP contribution in [-0.4, -0.2) is 39.1 Å². The second-order valence-electron chi connectivity index (χ2n) is 4.79. The van der Waals surface area contributed by atoms with Crippen LogP contribution in [0, 0.1) is 12.7 Å². The van der Waals surface area contributed by atoms with E-state index in [2.05, 4.69) is 5.32 Å². The molecular formula is C13H18FNO3S. The Hall–Kier alpha value is -1.14. The SMILES string of the molecule is Cc1cccc(OCCNC2CCS(=O)(=O)C2)c1F. The van der Waals surface area contributed by atoms with Crippen LogP contribution in [0.3, 0.4) is 0 Å². The number of nitrogens with one attached hydrogen (secondary N) is 1. The van der Waals surface area contributed by atoms with Crippen LogP contribution in [0.4, 0.5) is 4.39 Å². The van der Waals surface area contributed by atoms with Crippen LogP contribution in [0.1, 0.15) is 12.0 Å². The Labute approximate surface area is 112 Å². The van der Waals surface area contributed by atoms with Crippen molar-refractivity contribution in [3.63, 3.8) is 0 Å². The lowest BCUT2D eigenvalue weighted by atomic mass is 10.2. The van der Waals surface area contributed by atoms with Gasteiger partial charge in [0.15, 0.2) is 21.4 Å². The van der Waals surface area contributed by atoms with Gasteiger partial charge in [0, 0.05) is 12.6 Å². The van der Waals surface area contributed by atoms with Crippen LogP contribution in [0.2, 0.25) is 0 Å². The van der Waals surface area contributed by atoms with E-state index in [0.29, 0.717) is 25.1 Å². The lowest BCUT2D eigenvalue weighted by Gasteiger charge is -2.12. The maximum atomic E-state index is 13.6. The Balaban J connectivity index is 1.74. The van der Waals surface area contributed by atoms with E-state index >= 15 is 0 Å². The third-order valence-corrected chi connectivity index (χ3v) is 4.95. The maximum absolute atomic E-state index is 13.6. The monoisotopic (exact) mass is 287 g/mol. The van der Waals surface area contributed by atoms with Gasteiger partial charge in [-0.3, -0.25) is 0 Å². The number of aryl methyl sites for hydroxylation is 1. The van der Waals surface area contributed by atoms with Gasteiger partial charge in [0.1, 0.15) is 6.61 Å². The molecule has 0 saturated carbocycles. The predicted molar refractivity (Wildman–Crippen MR) is 71.7 cm³/mol. The molecule has 0 amide bonds. The van der Waals surface area contributed by atoms with Crippen molar-refractivity contribution >= 4 is 9.84 Å². The fourth-order valence-electron chi connectivity index (χ4n) is 2.11. The van der Waals surface area contributed by atoms with Gasteiger partial charge in [-0.05, 0) is 25.0 Å². The number of hydrogen-bond donors (Lipinski definition) is 1. The average Bonchev–Trinajstić information content (AvgIpc) is 2.69. The van der Waals surface area contributed by atoms with Crippen LogP contribution < -0.4 is 10.1 Å². The van der Waals surface area contributed by atoms with Gasteiger partial charge in [-0.25, -0.2) is 12.8 Å². The Morgan fingerprint density at radius 2 is 2.26 bits per heavy atom. The highest BCUT2D eigenvalue weighted by Crippen LogP contribution is 2.19. The molecule has 1 unspecified atom stereocenters. The van der Waals surface area contributed by atoms with E-state index in [1.165, 1.54) is 0 Å². The van der Waals surface area contributed by atoms with Crippen LogP contribution in [0.15, 0.2) is 18.2 Å². The average molecular weight is 287 g/mol. The molecule has 4 nitrogen and oxygen atoms in total. The first-order chi connectivity index (χ1) is 8.98. The zero-order valence-electron chi connectivity index (χ0n) is 10.9. The number of hydrogen-bond acceptors (Lipinski definition) is 4. The molecule has 0 aromatic heterocycles. The molecule has 0 aliphatic carbocycles. The number of rotatable bonds is 5. The molecule has 1 saturated heterocycles. The largest absolute Gasteiger partial charge is 0.489 e. The molecule has 0 radical (unpaired) electrons. The van der Waals surface area contributed by atoms with E-state index in [1.54, 1.807) is 25.1 Å². The highest BCUT2D eigenvalue weighted by molar-refractivity contribution is 7.91. The lowest BCUT2D eigenvalue weighted by molar-refractivity contribution is 0.292. The van der Waals surface area contributed by atoms with E-state index in [9.17, 15) is 12.8 Å². The maximum Gasteiger partial charge on any atom is 0.167 e. The minimum atomic E-state index is -2.86. The summed E-state index contributed by atoms with van der Waals surface area (Å²) in [5, 5.41) is 3.11. The first kappa shape index (κ1) is 14.3. The fourth-order valence-corrected chi connectivity index (χ4v) is 3.82. The molecule has 0 spiro atoms. The first-order valence-electron chi connectivity index (χ1n) is 6.30. The molecule has 6 heteroatoms. The summed E-state index contributed by atoms with van der Waals surface area (Å²) in [5.74, 6) is 0.330. The molecule has 1 fully saturated rings. The van der Waals surface area contributed by atoms with Crippen molar-refractivity contribution in [2.45, 2.75) is 19.4 Å². The van der Waals surface area contributed by atoms with E-state index in [4.69, 9.17) is 4.74 Å². The molecule has 1 N–H and O–H groups in total. The molecule has 1 aromatic carbocycles. The summed E-state index contributed by atoms with van der Waals surface area (Å²) in [6, 6.07) is 5.01. The van der Waals surface area contributed by atoms with Crippen LogP contribution in [0.25, 0.3) is 0 Å². The molecule has 0 bridgehead atoms. The highest BCUT2D eigenvalue weighted by Gasteiger charge is 2.27. The molecule has 1 aromatic rings. The van der Waals surface area contributed by atoms with Gasteiger partial charge in [0.2, 0.25) is 0 Å². The third kappa shape index (κ3) is 3.91.